The third-order valence-corrected chi connectivity index (χ3v) is 6.45. The molecule has 1 saturated heterocycles. The highest BCUT2D eigenvalue weighted by Gasteiger charge is 2.30. The monoisotopic (exact) mass is 481 g/mol. The Morgan fingerprint density at radius 1 is 0.722 bits per heavy atom. The number of fused-ring (bicyclic) bond motifs is 1. The number of hydrogen-bond donors (Lipinski definition) is 0. The number of benzene rings is 3. The van der Waals surface area contributed by atoms with Crippen molar-refractivity contribution in [1.29, 1.82) is 0 Å². The van der Waals surface area contributed by atoms with Crippen molar-refractivity contribution in [3.05, 3.63) is 102 Å². The zero-order chi connectivity index (χ0) is 24.9. The molecular weight excluding hydrogens is 454 g/mol. The smallest absolute Gasteiger partial charge is 0.295 e. The van der Waals surface area contributed by atoms with Crippen LogP contribution in [0.4, 0.5) is 0 Å². The Bertz CT molecular complexity index is 1370. The number of carbonyl (C=O) groups excluding carboxylic acids is 3. The molecule has 3 aromatic carbocycles. The summed E-state index contributed by atoms with van der Waals surface area (Å²) in [4.78, 5) is 42.4. The second-order valence-electron chi connectivity index (χ2n) is 8.69. The van der Waals surface area contributed by atoms with Crippen molar-refractivity contribution in [2.75, 3.05) is 32.8 Å². The number of Topliss-reactive ketones (excluding diaryl/α,β-unsaturated/α-hetero) is 1. The van der Waals surface area contributed by atoms with Crippen LogP contribution in [0.1, 0.15) is 20.7 Å². The molecule has 7 heteroatoms. The molecule has 7 nitrogen and oxygen atoms in total. The molecule has 1 aliphatic rings. The predicted molar refractivity (Wildman–Crippen MR) is 137 cm³/mol. The number of ketones is 1. The Morgan fingerprint density at radius 2 is 1.33 bits per heavy atom. The SMILES string of the molecule is O=C(C(=O)N1CCN(C(=O)c2ccccc2)CC1)c1cn(CCOc2ccccc2)c2ccccc12. The first-order chi connectivity index (χ1) is 17.6. The van der Waals surface area contributed by atoms with E-state index < -0.39 is 11.7 Å². The Balaban J connectivity index is 1.25. The van der Waals surface area contributed by atoms with Gasteiger partial charge in [0.25, 0.3) is 17.6 Å². The number of carbonyl (C=O) groups is 3. The van der Waals surface area contributed by atoms with Gasteiger partial charge in [0.15, 0.2) is 0 Å². The number of nitrogens with zero attached hydrogens (tertiary/aromatic N) is 3. The van der Waals surface area contributed by atoms with E-state index in [4.69, 9.17) is 4.74 Å². The lowest BCUT2D eigenvalue weighted by Crippen LogP contribution is -2.52. The molecule has 0 aliphatic carbocycles. The van der Waals surface area contributed by atoms with Crippen molar-refractivity contribution in [3.63, 3.8) is 0 Å². The number of para-hydroxylation sites is 2. The first kappa shape index (κ1) is 23.4. The summed E-state index contributed by atoms with van der Waals surface area (Å²) >= 11 is 0. The van der Waals surface area contributed by atoms with Gasteiger partial charge in [0, 0.05) is 48.8 Å². The topological polar surface area (TPSA) is 71.9 Å². The van der Waals surface area contributed by atoms with Crippen molar-refractivity contribution >= 4 is 28.5 Å². The standard InChI is InChI=1S/C29H27N3O4/c33-27(29(35)31-17-15-30(16-18-31)28(34)22-9-3-1-4-10-22)25-21-32(26-14-8-7-13-24(25)26)19-20-36-23-11-5-2-6-12-23/h1-14,21H,15-20H2. The Morgan fingerprint density at radius 3 is 2.06 bits per heavy atom. The zero-order valence-corrected chi connectivity index (χ0v) is 19.9. The van der Waals surface area contributed by atoms with E-state index in [0.717, 1.165) is 16.7 Å². The molecule has 4 aromatic rings. The maximum absolute atomic E-state index is 13.3. The van der Waals surface area contributed by atoms with Gasteiger partial charge in [-0.3, -0.25) is 14.4 Å². The lowest BCUT2D eigenvalue weighted by atomic mass is 10.1. The van der Waals surface area contributed by atoms with Crippen LogP contribution in [0, 0.1) is 0 Å². The van der Waals surface area contributed by atoms with E-state index in [9.17, 15) is 14.4 Å². The van der Waals surface area contributed by atoms with Crippen LogP contribution in [0.2, 0.25) is 0 Å². The number of piperazine rings is 1. The zero-order valence-electron chi connectivity index (χ0n) is 19.9. The van der Waals surface area contributed by atoms with E-state index in [1.54, 1.807) is 28.1 Å². The first-order valence-electron chi connectivity index (χ1n) is 12.1. The van der Waals surface area contributed by atoms with Gasteiger partial charge in [0.2, 0.25) is 0 Å². The predicted octanol–water partition coefficient (Wildman–Crippen LogP) is 3.89. The normalized spacial score (nSPS) is 13.6. The lowest BCUT2D eigenvalue weighted by Gasteiger charge is -2.34. The average Bonchev–Trinajstić information content (AvgIpc) is 3.31. The second kappa shape index (κ2) is 10.5. The average molecular weight is 482 g/mol. The summed E-state index contributed by atoms with van der Waals surface area (Å²) in [7, 11) is 0. The molecule has 0 bridgehead atoms. The van der Waals surface area contributed by atoms with Crippen molar-refractivity contribution in [3.8, 4) is 5.75 Å². The third-order valence-electron chi connectivity index (χ3n) is 6.45. The van der Waals surface area contributed by atoms with Gasteiger partial charge in [-0.25, -0.2) is 0 Å². The number of ether oxygens (including phenoxy) is 1. The summed E-state index contributed by atoms with van der Waals surface area (Å²) in [5, 5.41) is 0.744. The van der Waals surface area contributed by atoms with E-state index in [0.29, 0.717) is 50.5 Å². The molecule has 0 spiro atoms. The van der Waals surface area contributed by atoms with Gasteiger partial charge in [-0.15, -0.1) is 0 Å². The fourth-order valence-corrected chi connectivity index (χ4v) is 4.53. The minimum absolute atomic E-state index is 0.0604. The Hall–Kier alpha value is -4.39. The number of rotatable bonds is 7. The first-order valence-corrected chi connectivity index (χ1v) is 12.1. The fourth-order valence-electron chi connectivity index (χ4n) is 4.53. The van der Waals surface area contributed by atoms with Gasteiger partial charge in [-0.1, -0.05) is 54.6 Å². The fraction of sp³-hybridized carbons (Fsp3) is 0.207. The minimum atomic E-state index is -0.537. The minimum Gasteiger partial charge on any atom is -0.492 e. The summed E-state index contributed by atoms with van der Waals surface area (Å²) < 4.78 is 7.77. The van der Waals surface area contributed by atoms with Gasteiger partial charge < -0.3 is 19.1 Å². The highest BCUT2D eigenvalue weighted by Crippen LogP contribution is 2.23. The Labute approximate surface area is 209 Å². The van der Waals surface area contributed by atoms with Crippen molar-refractivity contribution in [2.24, 2.45) is 0 Å². The van der Waals surface area contributed by atoms with E-state index in [1.807, 2.05) is 77.4 Å². The third kappa shape index (κ3) is 4.86. The number of hydrogen-bond acceptors (Lipinski definition) is 4. The molecule has 2 heterocycles. The van der Waals surface area contributed by atoms with E-state index in [2.05, 4.69) is 0 Å². The molecule has 0 saturated carbocycles. The van der Waals surface area contributed by atoms with Crippen LogP contribution in [0.3, 0.4) is 0 Å². The van der Waals surface area contributed by atoms with Crippen molar-refractivity contribution in [2.45, 2.75) is 6.54 Å². The summed E-state index contributed by atoms with van der Waals surface area (Å²) in [6.45, 7) is 2.41. The Kier molecular flexibility index (Phi) is 6.80. The summed E-state index contributed by atoms with van der Waals surface area (Å²) in [6, 6.07) is 26.2. The highest BCUT2D eigenvalue weighted by molar-refractivity contribution is 6.44. The molecule has 1 fully saturated rings. The van der Waals surface area contributed by atoms with Crippen LogP contribution in [-0.4, -0.2) is 64.8 Å². The molecule has 36 heavy (non-hydrogen) atoms. The van der Waals surface area contributed by atoms with Gasteiger partial charge in [0.05, 0.1) is 12.1 Å². The van der Waals surface area contributed by atoms with Crippen LogP contribution in [0.5, 0.6) is 5.75 Å². The van der Waals surface area contributed by atoms with Crippen LogP contribution >= 0.6 is 0 Å². The van der Waals surface area contributed by atoms with Crippen molar-refractivity contribution < 1.29 is 19.1 Å². The number of amides is 2. The molecule has 0 unspecified atom stereocenters. The molecule has 2 amide bonds. The number of aromatic nitrogens is 1. The molecule has 1 aliphatic heterocycles. The molecule has 0 atom stereocenters. The van der Waals surface area contributed by atoms with Crippen molar-refractivity contribution in [1.82, 2.24) is 14.4 Å². The molecule has 182 valence electrons. The van der Waals surface area contributed by atoms with Crippen LogP contribution in [0.25, 0.3) is 10.9 Å². The summed E-state index contributed by atoms with van der Waals surface area (Å²) in [5.41, 5.74) is 1.89. The summed E-state index contributed by atoms with van der Waals surface area (Å²) in [6.07, 6.45) is 1.74. The van der Waals surface area contributed by atoms with Gasteiger partial charge >= 0.3 is 0 Å². The van der Waals surface area contributed by atoms with Gasteiger partial charge in [-0.05, 0) is 30.3 Å². The lowest BCUT2D eigenvalue weighted by molar-refractivity contribution is -0.127. The van der Waals surface area contributed by atoms with Gasteiger partial charge in [0.1, 0.15) is 12.4 Å². The maximum Gasteiger partial charge on any atom is 0.295 e. The molecule has 1 aromatic heterocycles. The quantitative estimate of drug-likeness (QED) is 0.297. The summed E-state index contributed by atoms with van der Waals surface area (Å²) in [5.74, 6) is -0.345. The molecule has 0 radical (unpaired) electrons. The molecule has 0 N–H and O–H groups in total. The van der Waals surface area contributed by atoms with Crippen LogP contribution in [-0.2, 0) is 11.3 Å². The van der Waals surface area contributed by atoms with E-state index in [1.165, 1.54) is 0 Å². The second-order valence-corrected chi connectivity index (χ2v) is 8.69. The van der Waals surface area contributed by atoms with Gasteiger partial charge in [-0.2, -0.15) is 0 Å². The highest BCUT2D eigenvalue weighted by atomic mass is 16.5. The molecule has 5 rings (SSSR count). The van der Waals surface area contributed by atoms with E-state index in [-0.39, 0.29) is 5.91 Å². The van der Waals surface area contributed by atoms with E-state index >= 15 is 0 Å². The van der Waals surface area contributed by atoms with Crippen LogP contribution < -0.4 is 4.74 Å². The largest absolute Gasteiger partial charge is 0.492 e. The van der Waals surface area contributed by atoms with Crippen LogP contribution in [0.15, 0.2) is 91.1 Å². The maximum atomic E-state index is 13.3. The molecular formula is C29H27N3O4.